The summed E-state index contributed by atoms with van der Waals surface area (Å²) < 4.78 is 0.507. The minimum atomic E-state index is -0.541. The molecule has 0 aliphatic rings. The molecule has 2 heterocycles. The molecule has 0 saturated carbocycles. The van der Waals surface area contributed by atoms with Gasteiger partial charge in [0.25, 0.3) is 5.56 Å². The molecular weight excluding hydrogens is 324 g/mol. The summed E-state index contributed by atoms with van der Waals surface area (Å²) in [6.07, 6.45) is 2.77. The van der Waals surface area contributed by atoms with E-state index in [1.165, 1.54) is 24.5 Å². The summed E-state index contributed by atoms with van der Waals surface area (Å²) in [5, 5.41) is 11.3. The molecule has 7 nitrogen and oxygen atoms in total. The molecule has 0 atom stereocenters. The van der Waals surface area contributed by atoms with Gasteiger partial charge < -0.3 is 4.98 Å². The molecular formula is C9H5BrN4O3S. The maximum absolute atomic E-state index is 11.1. The number of pyridine rings is 1. The van der Waals surface area contributed by atoms with Crippen molar-refractivity contribution in [2.45, 2.75) is 10.2 Å². The van der Waals surface area contributed by atoms with Crippen LogP contribution in [-0.4, -0.2) is 19.9 Å². The van der Waals surface area contributed by atoms with E-state index in [-0.39, 0.29) is 21.4 Å². The Balaban J connectivity index is 2.40. The van der Waals surface area contributed by atoms with Crippen molar-refractivity contribution >= 4 is 33.4 Å². The van der Waals surface area contributed by atoms with Crippen molar-refractivity contribution in [2.24, 2.45) is 0 Å². The first kappa shape index (κ1) is 12.7. The van der Waals surface area contributed by atoms with E-state index in [4.69, 9.17) is 0 Å². The average Bonchev–Trinajstić information content (AvgIpc) is 2.31. The molecule has 1 N–H and O–H groups in total. The molecule has 0 aliphatic heterocycles. The van der Waals surface area contributed by atoms with Crippen LogP contribution in [0, 0.1) is 10.1 Å². The van der Waals surface area contributed by atoms with Crippen LogP contribution in [0.2, 0.25) is 0 Å². The zero-order valence-corrected chi connectivity index (χ0v) is 11.1. The van der Waals surface area contributed by atoms with Gasteiger partial charge >= 0.3 is 5.69 Å². The van der Waals surface area contributed by atoms with Crippen LogP contribution in [0.25, 0.3) is 0 Å². The Bertz CT molecular complexity index is 660. The number of aromatic nitrogens is 3. The van der Waals surface area contributed by atoms with E-state index in [2.05, 4.69) is 30.9 Å². The monoisotopic (exact) mass is 328 g/mol. The summed E-state index contributed by atoms with van der Waals surface area (Å²) in [7, 11) is 0. The smallest absolute Gasteiger partial charge is 0.301 e. The van der Waals surface area contributed by atoms with Crippen LogP contribution in [0.5, 0.6) is 0 Å². The Morgan fingerprint density at radius 3 is 2.89 bits per heavy atom. The van der Waals surface area contributed by atoms with E-state index in [1.54, 1.807) is 0 Å². The first-order valence-corrected chi connectivity index (χ1v) is 6.20. The van der Waals surface area contributed by atoms with E-state index in [1.807, 2.05) is 0 Å². The predicted octanol–water partition coefficient (Wildman–Crippen LogP) is 1.99. The van der Waals surface area contributed by atoms with Gasteiger partial charge in [-0.1, -0.05) is 0 Å². The van der Waals surface area contributed by atoms with E-state index in [9.17, 15) is 14.9 Å². The highest BCUT2D eigenvalue weighted by molar-refractivity contribution is 9.10. The molecule has 0 amide bonds. The Labute approximate surface area is 113 Å². The fourth-order valence-corrected chi connectivity index (χ4v) is 2.23. The summed E-state index contributed by atoms with van der Waals surface area (Å²) in [4.78, 5) is 31.7. The number of nitrogens with zero attached hydrogens (tertiary/aromatic N) is 3. The highest BCUT2D eigenvalue weighted by atomic mass is 79.9. The highest BCUT2D eigenvalue weighted by Gasteiger charge is 2.17. The van der Waals surface area contributed by atoms with Gasteiger partial charge in [0.05, 0.1) is 4.92 Å². The molecule has 2 aromatic heterocycles. The van der Waals surface area contributed by atoms with E-state index in [0.29, 0.717) is 4.47 Å². The molecule has 0 spiro atoms. The molecule has 0 unspecified atom stereocenters. The van der Waals surface area contributed by atoms with Crippen molar-refractivity contribution in [1.29, 1.82) is 0 Å². The quantitative estimate of drug-likeness (QED) is 0.525. The Kier molecular flexibility index (Phi) is 3.72. The number of hydrogen-bond acceptors (Lipinski definition) is 6. The van der Waals surface area contributed by atoms with Gasteiger partial charge in [-0.25, -0.2) is 9.97 Å². The van der Waals surface area contributed by atoms with Crippen LogP contribution in [0.15, 0.2) is 44.0 Å². The van der Waals surface area contributed by atoms with Gasteiger partial charge in [-0.3, -0.25) is 14.9 Å². The number of hydrogen-bond donors (Lipinski definition) is 1. The minimum absolute atomic E-state index is 0.152. The third-order valence-corrected chi connectivity index (χ3v) is 3.18. The van der Waals surface area contributed by atoms with Crippen molar-refractivity contribution < 1.29 is 4.92 Å². The van der Waals surface area contributed by atoms with Crippen LogP contribution >= 0.6 is 27.7 Å². The molecule has 92 valence electrons. The molecule has 9 heteroatoms. The van der Waals surface area contributed by atoms with Gasteiger partial charge in [0.2, 0.25) is 0 Å². The topological polar surface area (TPSA) is 102 Å². The zero-order chi connectivity index (χ0) is 13.1. The van der Waals surface area contributed by atoms with Crippen molar-refractivity contribution in [1.82, 2.24) is 15.0 Å². The lowest BCUT2D eigenvalue weighted by molar-refractivity contribution is -0.388. The lowest BCUT2D eigenvalue weighted by atomic mass is 10.4. The molecule has 0 saturated heterocycles. The molecule has 0 fully saturated rings. The maximum atomic E-state index is 11.1. The van der Waals surface area contributed by atoms with Crippen LogP contribution in [0.3, 0.4) is 0 Å². The van der Waals surface area contributed by atoms with Crippen molar-refractivity contribution in [3.8, 4) is 0 Å². The molecule has 0 aromatic carbocycles. The summed E-state index contributed by atoms with van der Waals surface area (Å²) in [6.45, 7) is 0. The van der Waals surface area contributed by atoms with Gasteiger partial charge in [0.1, 0.15) is 0 Å². The summed E-state index contributed by atoms with van der Waals surface area (Å²) in [6, 6.07) is 2.60. The van der Waals surface area contributed by atoms with Gasteiger partial charge in [0, 0.05) is 29.0 Å². The second-order valence-corrected chi connectivity index (χ2v) is 4.97. The normalized spacial score (nSPS) is 10.3. The molecule has 0 aliphatic carbocycles. The lowest BCUT2D eigenvalue weighted by Crippen LogP contribution is -2.05. The van der Waals surface area contributed by atoms with E-state index in [0.717, 1.165) is 11.8 Å². The Morgan fingerprint density at radius 1 is 1.44 bits per heavy atom. The number of nitro groups is 1. The van der Waals surface area contributed by atoms with Crippen LogP contribution in [0.1, 0.15) is 0 Å². The molecule has 18 heavy (non-hydrogen) atoms. The second kappa shape index (κ2) is 5.27. The largest absolute Gasteiger partial charge is 0.302 e. The number of halogens is 1. The van der Waals surface area contributed by atoms with E-state index < -0.39 is 4.92 Å². The Morgan fingerprint density at radius 2 is 2.22 bits per heavy atom. The Hall–Kier alpha value is -1.74. The van der Waals surface area contributed by atoms with Crippen LogP contribution in [0.4, 0.5) is 5.69 Å². The molecule has 0 radical (unpaired) electrons. The predicted molar refractivity (Wildman–Crippen MR) is 67.6 cm³/mol. The summed E-state index contributed by atoms with van der Waals surface area (Å²) in [5.74, 6) is 0. The number of aromatic amines is 1. The summed E-state index contributed by atoms with van der Waals surface area (Å²) >= 11 is 4.04. The van der Waals surface area contributed by atoms with Gasteiger partial charge in [-0.2, -0.15) is 0 Å². The first-order chi connectivity index (χ1) is 8.56. The second-order valence-electron chi connectivity index (χ2n) is 3.08. The fourth-order valence-electron chi connectivity index (χ4n) is 1.12. The minimum Gasteiger partial charge on any atom is -0.301 e. The van der Waals surface area contributed by atoms with Gasteiger partial charge in [-0.15, -0.1) is 0 Å². The summed E-state index contributed by atoms with van der Waals surface area (Å²) in [5.41, 5.74) is -0.479. The number of H-pyrrole nitrogens is 1. The van der Waals surface area contributed by atoms with Crippen molar-refractivity contribution in [2.75, 3.05) is 0 Å². The number of rotatable bonds is 3. The fraction of sp³-hybridized carbons (Fsp3) is 0. The highest BCUT2D eigenvalue weighted by Crippen LogP contribution is 2.32. The standard InChI is InChI=1S/C9H5BrN4O3S/c10-5-3-6(14(16)17)8(12-4-5)18-9-11-2-1-7(15)13-9/h1-4H,(H,11,13,15). The number of nitrogens with one attached hydrogen (secondary N) is 1. The third-order valence-electron chi connectivity index (χ3n) is 1.84. The van der Waals surface area contributed by atoms with Crippen LogP contribution in [-0.2, 0) is 0 Å². The average molecular weight is 329 g/mol. The van der Waals surface area contributed by atoms with Crippen molar-refractivity contribution in [3.63, 3.8) is 0 Å². The first-order valence-electron chi connectivity index (χ1n) is 4.59. The molecule has 2 rings (SSSR count). The maximum Gasteiger partial charge on any atom is 0.302 e. The SMILES string of the molecule is O=c1ccnc(Sc2ncc(Br)cc2[N+](=O)[O-])[nH]1. The third kappa shape index (κ3) is 2.93. The van der Waals surface area contributed by atoms with Gasteiger partial charge in [-0.05, 0) is 27.7 Å². The zero-order valence-electron chi connectivity index (χ0n) is 8.66. The van der Waals surface area contributed by atoms with Crippen LogP contribution < -0.4 is 5.56 Å². The van der Waals surface area contributed by atoms with E-state index >= 15 is 0 Å². The molecule has 0 bridgehead atoms. The molecule has 2 aromatic rings. The lowest BCUT2D eigenvalue weighted by Gasteiger charge is -2.01. The van der Waals surface area contributed by atoms with Gasteiger partial charge in [0.15, 0.2) is 10.2 Å². The van der Waals surface area contributed by atoms with Crippen molar-refractivity contribution in [3.05, 3.63) is 49.5 Å².